The van der Waals surface area contributed by atoms with Crippen LogP contribution in [0.4, 0.5) is 11.5 Å². The third-order valence-electron chi connectivity index (χ3n) is 4.98. The Kier molecular flexibility index (Phi) is 5.23. The molecule has 1 fully saturated rings. The van der Waals surface area contributed by atoms with Gasteiger partial charge in [-0.2, -0.15) is 0 Å². The lowest BCUT2D eigenvalue weighted by atomic mass is 10.1. The van der Waals surface area contributed by atoms with Crippen LogP contribution in [0.2, 0.25) is 0 Å². The molecule has 3 rings (SSSR count). The molecule has 0 unspecified atom stereocenters. The van der Waals surface area contributed by atoms with Gasteiger partial charge in [-0.25, -0.2) is 4.98 Å². The smallest absolute Gasteiger partial charge is 0.147 e. The molecule has 0 saturated carbocycles. The van der Waals surface area contributed by atoms with Crippen LogP contribution < -0.4 is 9.80 Å². The molecule has 1 aliphatic rings. The summed E-state index contributed by atoms with van der Waals surface area (Å²) < 4.78 is 0. The molecule has 0 spiro atoms. The number of hydrogen-bond donors (Lipinski definition) is 0. The van der Waals surface area contributed by atoms with Crippen LogP contribution in [-0.4, -0.2) is 61.2 Å². The van der Waals surface area contributed by atoms with E-state index in [1.807, 2.05) is 12.4 Å². The Labute approximate surface area is 151 Å². The summed E-state index contributed by atoms with van der Waals surface area (Å²) in [4.78, 5) is 16.3. The largest absolute Gasteiger partial charge is 0.377 e. The van der Waals surface area contributed by atoms with Gasteiger partial charge in [0.05, 0.1) is 18.1 Å². The Morgan fingerprint density at radius 2 is 1.72 bits per heavy atom. The van der Waals surface area contributed by atoms with Crippen LogP contribution in [0.25, 0.3) is 11.3 Å². The van der Waals surface area contributed by atoms with Crippen molar-refractivity contribution in [2.24, 2.45) is 0 Å². The normalized spacial score (nSPS) is 15.7. The number of benzene rings is 1. The topological polar surface area (TPSA) is 35.5 Å². The third kappa shape index (κ3) is 3.93. The fraction of sp³-hybridized carbons (Fsp3) is 0.500. The number of anilines is 2. The maximum absolute atomic E-state index is 4.67. The summed E-state index contributed by atoms with van der Waals surface area (Å²) in [6.45, 7) is 10.9. The van der Waals surface area contributed by atoms with E-state index >= 15 is 0 Å². The van der Waals surface area contributed by atoms with Gasteiger partial charge < -0.3 is 9.80 Å². The summed E-state index contributed by atoms with van der Waals surface area (Å²) in [5.74, 6) is 0.980. The van der Waals surface area contributed by atoms with Crippen LogP contribution in [0.3, 0.4) is 0 Å². The lowest BCUT2D eigenvalue weighted by molar-refractivity contribution is 0.209. The third-order valence-corrected chi connectivity index (χ3v) is 4.98. The zero-order valence-corrected chi connectivity index (χ0v) is 16.0. The number of piperazine rings is 1. The van der Waals surface area contributed by atoms with Crippen molar-refractivity contribution < 1.29 is 0 Å². The van der Waals surface area contributed by atoms with Crippen LogP contribution in [0, 0.1) is 6.92 Å². The summed E-state index contributed by atoms with van der Waals surface area (Å²) in [7, 11) is 4.13. The highest BCUT2D eigenvalue weighted by Gasteiger charge is 2.19. The molecule has 0 radical (unpaired) electrons. The summed E-state index contributed by atoms with van der Waals surface area (Å²) in [5, 5.41) is 0. The lowest BCUT2D eigenvalue weighted by Gasteiger charge is -2.37. The van der Waals surface area contributed by atoms with E-state index in [9.17, 15) is 0 Å². The Bertz CT molecular complexity index is 701. The van der Waals surface area contributed by atoms with Gasteiger partial charge in [0.15, 0.2) is 0 Å². The van der Waals surface area contributed by atoms with Gasteiger partial charge in [-0.05, 0) is 38.5 Å². The van der Waals surface area contributed by atoms with E-state index in [1.54, 1.807) is 0 Å². The average Bonchev–Trinajstić information content (AvgIpc) is 2.61. The predicted molar refractivity (Wildman–Crippen MR) is 105 cm³/mol. The van der Waals surface area contributed by atoms with Crippen molar-refractivity contribution in [3.63, 3.8) is 0 Å². The number of aryl methyl sites for hydroxylation is 1. The maximum atomic E-state index is 4.67. The zero-order valence-electron chi connectivity index (χ0n) is 16.0. The molecule has 0 amide bonds. The second kappa shape index (κ2) is 7.40. The molecular formula is C20H29N5. The van der Waals surface area contributed by atoms with E-state index in [1.165, 1.54) is 11.3 Å². The highest BCUT2D eigenvalue weighted by atomic mass is 15.3. The van der Waals surface area contributed by atoms with Gasteiger partial charge in [0.25, 0.3) is 0 Å². The van der Waals surface area contributed by atoms with Crippen molar-refractivity contribution in [2.45, 2.75) is 26.8 Å². The number of aromatic nitrogens is 2. The molecule has 2 heterocycles. The molecule has 1 aromatic heterocycles. The molecule has 2 aromatic rings. The average molecular weight is 339 g/mol. The maximum Gasteiger partial charge on any atom is 0.147 e. The van der Waals surface area contributed by atoms with Crippen LogP contribution in [0.15, 0.2) is 30.6 Å². The van der Waals surface area contributed by atoms with Gasteiger partial charge in [-0.3, -0.25) is 9.88 Å². The van der Waals surface area contributed by atoms with Crippen molar-refractivity contribution in [1.82, 2.24) is 14.9 Å². The van der Waals surface area contributed by atoms with Gasteiger partial charge >= 0.3 is 0 Å². The van der Waals surface area contributed by atoms with Crippen molar-refractivity contribution in [1.29, 1.82) is 0 Å². The summed E-state index contributed by atoms with van der Waals surface area (Å²) in [6, 6.07) is 7.06. The van der Waals surface area contributed by atoms with Crippen molar-refractivity contribution in [2.75, 3.05) is 50.1 Å². The molecule has 134 valence electrons. The highest BCUT2D eigenvalue weighted by molar-refractivity contribution is 5.66. The first-order valence-electron chi connectivity index (χ1n) is 9.05. The minimum atomic E-state index is 0.615. The predicted octanol–water partition coefficient (Wildman–Crippen LogP) is 3.05. The quantitative estimate of drug-likeness (QED) is 0.855. The molecule has 0 aliphatic carbocycles. The molecule has 0 bridgehead atoms. The molecule has 1 saturated heterocycles. The lowest BCUT2D eigenvalue weighted by Crippen LogP contribution is -2.49. The second-order valence-electron chi connectivity index (χ2n) is 7.27. The van der Waals surface area contributed by atoms with E-state index in [-0.39, 0.29) is 0 Å². The number of rotatable bonds is 4. The first-order valence-corrected chi connectivity index (χ1v) is 9.05. The summed E-state index contributed by atoms with van der Waals surface area (Å²) >= 11 is 0. The highest BCUT2D eigenvalue weighted by Crippen LogP contribution is 2.25. The molecule has 5 nitrogen and oxygen atoms in total. The minimum Gasteiger partial charge on any atom is -0.377 e. The molecular weight excluding hydrogens is 310 g/mol. The van der Waals surface area contributed by atoms with E-state index in [2.05, 4.69) is 77.7 Å². The van der Waals surface area contributed by atoms with E-state index < -0.39 is 0 Å². The van der Waals surface area contributed by atoms with Gasteiger partial charge in [0, 0.05) is 57.6 Å². The van der Waals surface area contributed by atoms with Crippen LogP contribution in [0.1, 0.15) is 19.4 Å². The standard InChI is InChI=1S/C20H29N5/c1-15(2)24-8-10-25(11-9-24)20-14-21-18(13-22-20)17-6-7-19(23(4)5)16(3)12-17/h6-7,12-15H,8-11H2,1-5H3. The molecule has 5 heteroatoms. The summed E-state index contributed by atoms with van der Waals surface area (Å²) in [5.41, 5.74) is 4.53. The van der Waals surface area contributed by atoms with Gasteiger partial charge in [0.1, 0.15) is 5.82 Å². The first kappa shape index (κ1) is 17.7. The zero-order chi connectivity index (χ0) is 18.0. The van der Waals surface area contributed by atoms with E-state index in [0.29, 0.717) is 6.04 Å². The van der Waals surface area contributed by atoms with Crippen LogP contribution >= 0.6 is 0 Å². The Morgan fingerprint density at radius 1 is 1.00 bits per heavy atom. The first-order chi connectivity index (χ1) is 12.0. The van der Waals surface area contributed by atoms with Crippen LogP contribution in [-0.2, 0) is 0 Å². The molecule has 0 N–H and O–H groups in total. The molecule has 0 atom stereocenters. The van der Waals surface area contributed by atoms with Crippen LogP contribution in [0.5, 0.6) is 0 Å². The fourth-order valence-corrected chi connectivity index (χ4v) is 3.42. The Hall–Kier alpha value is -2.14. The molecule has 1 aromatic carbocycles. The Morgan fingerprint density at radius 3 is 2.24 bits per heavy atom. The Balaban J connectivity index is 1.72. The number of hydrogen-bond acceptors (Lipinski definition) is 5. The van der Waals surface area contributed by atoms with Gasteiger partial charge in [-0.1, -0.05) is 6.07 Å². The second-order valence-corrected chi connectivity index (χ2v) is 7.27. The van der Waals surface area contributed by atoms with E-state index in [0.717, 1.165) is 43.3 Å². The monoisotopic (exact) mass is 339 g/mol. The van der Waals surface area contributed by atoms with Gasteiger partial charge in [0.2, 0.25) is 0 Å². The number of nitrogens with zero attached hydrogens (tertiary/aromatic N) is 5. The van der Waals surface area contributed by atoms with Crippen molar-refractivity contribution in [3.8, 4) is 11.3 Å². The fourth-order valence-electron chi connectivity index (χ4n) is 3.42. The molecule has 25 heavy (non-hydrogen) atoms. The van der Waals surface area contributed by atoms with Gasteiger partial charge in [-0.15, -0.1) is 0 Å². The SMILES string of the molecule is Cc1cc(-c2cnc(N3CCN(C(C)C)CC3)cn2)ccc1N(C)C. The minimum absolute atomic E-state index is 0.615. The molecule has 1 aliphatic heterocycles. The summed E-state index contributed by atoms with van der Waals surface area (Å²) in [6.07, 6.45) is 3.81. The van der Waals surface area contributed by atoms with Crippen molar-refractivity contribution >= 4 is 11.5 Å². The van der Waals surface area contributed by atoms with Crippen molar-refractivity contribution in [3.05, 3.63) is 36.2 Å². The van der Waals surface area contributed by atoms with E-state index in [4.69, 9.17) is 0 Å².